The first kappa shape index (κ1) is 22.2. The van der Waals surface area contributed by atoms with Crippen molar-refractivity contribution >= 4 is 11.0 Å². The highest BCUT2D eigenvalue weighted by molar-refractivity contribution is 5.88. The van der Waals surface area contributed by atoms with Gasteiger partial charge in [-0.2, -0.15) is 0 Å². The van der Waals surface area contributed by atoms with E-state index in [1.165, 1.54) is 36.7 Å². The van der Waals surface area contributed by atoms with E-state index in [-0.39, 0.29) is 22.5 Å². The number of phenolic OH excluding ortho intramolecular Hbond substituents is 1. The summed E-state index contributed by atoms with van der Waals surface area (Å²) in [5.41, 5.74) is 3.81. The first-order valence-electron chi connectivity index (χ1n) is 10.2. The average Bonchev–Trinajstić information content (AvgIpc) is 2.73. The Morgan fingerprint density at radius 1 is 1.10 bits per heavy atom. The van der Waals surface area contributed by atoms with Crippen LogP contribution in [-0.4, -0.2) is 18.8 Å². The fraction of sp³-hybridized carbons (Fsp3) is 0.269. The maximum absolute atomic E-state index is 13.0. The fourth-order valence-electron chi connectivity index (χ4n) is 3.26. The van der Waals surface area contributed by atoms with Gasteiger partial charge in [0.1, 0.15) is 41.1 Å². The van der Waals surface area contributed by atoms with Crippen molar-refractivity contribution in [2.24, 2.45) is 0 Å². The van der Waals surface area contributed by atoms with Gasteiger partial charge in [-0.3, -0.25) is 4.79 Å². The van der Waals surface area contributed by atoms with Gasteiger partial charge in [0.15, 0.2) is 0 Å². The van der Waals surface area contributed by atoms with E-state index in [0.717, 1.165) is 18.6 Å². The Morgan fingerprint density at radius 3 is 2.52 bits per heavy atom. The Morgan fingerprint density at radius 2 is 1.84 bits per heavy atom. The summed E-state index contributed by atoms with van der Waals surface area (Å²) in [5, 5.41) is 10.1. The number of hydrogen-bond donors (Lipinski definition) is 1. The minimum absolute atomic E-state index is 0.0250. The lowest BCUT2D eigenvalue weighted by molar-refractivity contribution is 0.361. The molecule has 1 aromatic heterocycles. The van der Waals surface area contributed by atoms with Crippen molar-refractivity contribution in [1.29, 1.82) is 0 Å². The lowest BCUT2D eigenvalue weighted by Gasteiger charge is -2.08. The highest BCUT2D eigenvalue weighted by atomic mass is 16.5. The second-order valence-electron chi connectivity index (χ2n) is 7.71. The van der Waals surface area contributed by atoms with E-state index in [1.807, 2.05) is 24.3 Å². The van der Waals surface area contributed by atoms with E-state index < -0.39 is 0 Å². The maximum atomic E-state index is 13.0. The zero-order valence-electron chi connectivity index (χ0n) is 18.4. The Balaban J connectivity index is 1.74. The van der Waals surface area contributed by atoms with Crippen LogP contribution in [0.5, 0.6) is 17.2 Å². The van der Waals surface area contributed by atoms with Gasteiger partial charge in [0.2, 0.25) is 5.43 Å². The van der Waals surface area contributed by atoms with Crippen molar-refractivity contribution < 1.29 is 19.0 Å². The zero-order chi connectivity index (χ0) is 22.4. The standard InChI is InChI=1S/C26H28O5/c1-17(2)6-5-7-18(3)12-13-30-21-10-8-19(9-11-21)22-16-31-24-15-20(27)14-23(29-4)25(24)26(22)28/h6,8-12,14-16,27H,5,7,13H2,1-4H3/b18-12+. The molecule has 0 spiro atoms. The quantitative estimate of drug-likeness (QED) is 0.437. The molecule has 5 heteroatoms. The number of phenols is 1. The van der Waals surface area contributed by atoms with Crippen LogP contribution in [0.1, 0.15) is 33.6 Å². The van der Waals surface area contributed by atoms with Crippen molar-refractivity contribution in [1.82, 2.24) is 0 Å². The molecule has 0 bridgehead atoms. The van der Waals surface area contributed by atoms with Gasteiger partial charge in [-0.1, -0.05) is 29.4 Å². The number of allylic oxidation sites excluding steroid dienone is 3. The second kappa shape index (κ2) is 10.0. The molecule has 0 fully saturated rings. The number of aromatic hydroxyl groups is 1. The normalized spacial score (nSPS) is 11.4. The van der Waals surface area contributed by atoms with Crippen LogP contribution in [0.4, 0.5) is 0 Å². The maximum Gasteiger partial charge on any atom is 0.204 e. The predicted molar refractivity (Wildman–Crippen MR) is 124 cm³/mol. The van der Waals surface area contributed by atoms with E-state index >= 15 is 0 Å². The highest BCUT2D eigenvalue weighted by Gasteiger charge is 2.14. The van der Waals surface area contributed by atoms with Crippen LogP contribution in [0.25, 0.3) is 22.1 Å². The van der Waals surface area contributed by atoms with Crippen LogP contribution >= 0.6 is 0 Å². The lowest BCUT2D eigenvalue weighted by atomic mass is 10.0. The molecule has 0 saturated heterocycles. The Kier molecular flexibility index (Phi) is 7.19. The molecular weight excluding hydrogens is 392 g/mol. The molecule has 3 aromatic rings. The first-order chi connectivity index (χ1) is 14.9. The SMILES string of the molecule is COc1cc(O)cc2occ(-c3ccc(OC/C=C(\C)CCC=C(C)C)cc3)c(=O)c12. The Hall–Kier alpha value is -3.47. The molecule has 0 atom stereocenters. The summed E-state index contributed by atoms with van der Waals surface area (Å²) in [6, 6.07) is 10.1. The van der Waals surface area contributed by atoms with Crippen molar-refractivity contribution in [3.05, 3.63) is 76.2 Å². The molecule has 0 saturated carbocycles. The van der Waals surface area contributed by atoms with Crippen molar-refractivity contribution in [2.75, 3.05) is 13.7 Å². The monoisotopic (exact) mass is 420 g/mol. The summed E-state index contributed by atoms with van der Waals surface area (Å²) in [7, 11) is 1.45. The summed E-state index contributed by atoms with van der Waals surface area (Å²) < 4.78 is 16.6. The zero-order valence-corrected chi connectivity index (χ0v) is 18.4. The molecular formula is C26H28O5. The third-order valence-corrected chi connectivity index (χ3v) is 4.98. The van der Waals surface area contributed by atoms with E-state index in [2.05, 4.69) is 32.9 Å². The number of methoxy groups -OCH3 is 1. The molecule has 1 N–H and O–H groups in total. The van der Waals surface area contributed by atoms with E-state index in [0.29, 0.717) is 23.1 Å². The topological polar surface area (TPSA) is 68.9 Å². The minimum atomic E-state index is -0.221. The molecule has 3 rings (SSSR count). The third-order valence-electron chi connectivity index (χ3n) is 4.98. The van der Waals surface area contributed by atoms with Crippen LogP contribution in [-0.2, 0) is 0 Å². The molecule has 0 radical (unpaired) electrons. The molecule has 0 aliphatic heterocycles. The van der Waals surface area contributed by atoms with Gasteiger partial charge in [-0.05, 0) is 57.4 Å². The molecule has 2 aromatic carbocycles. The van der Waals surface area contributed by atoms with Crippen LogP contribution < -0.4 is 14.9 Å². The van der Waals surface area contributed by atoms with Gasteiger partial charge in [-0.25, -0.2) is 0 Å². The van der Waals surface area contributed by atoms with Gasteiger partial charge in [-0.15, -0.1) is 0 Å². The second-order valence-corrected chi connectivity index (χ2v) is 7.71. The highest BCUT2D eigenvalue weighted by Crippen LogP contribution is 2.30. The van der Waals surface area contributed by atoms with Crippen LogP contribution in [0.15, 0.2) is 75.2 Å². The van der Waals surface area contributed by atoms with E-state index in [1.54, 1.807) is 0 Å². The first-order valence-corrected chi connectivity index (χ1v) is 10.2. The van der Waals surface area contributed by atoms with Crippen molar-refractivity contribution in [2.45, 2.75) is 33.6 Å². The van der Waals surface area contributed by atoms with Crippen LogP contribution in [0.3, 0.4) is 0 Å². The number of fused-ring (bicyclic) bond motifs is 1. The molecule has 162 valence electrons. The minimum Gasteiger partial charge on any atom is -0.508 e. The smallest absolute Gasteiger partial charge is 0.204 e. The van der Waals surface area contributed by atoms with Crippen molar-refractivity contribution in [3.8, 4) is 28.4 Å². The number of benzene rings is 2. The number of rotatable bonds is 8. The lowest BCUT2D eigenvalue weighted by Crippen LogP contribution is -2.06. The summed E-state index contributed by atoms with van der Waals surface area (Å²) in [6.45, 7) is 6.82. The van der Waals surface area contributed by atoms with Crippen LogP contribution in [0, 0.1) is 0 Å². The molecule has 0 aliphatic carbocycles. The third kappa shape index (κ3) is 5.57. The van der Waals surface area contributed by atoms with Gasteiger partial charge in [0.25, 0.3) is 0 Å². The fourth-order valence-corrected chi connectivity index (χ4v) is 3.26. The molecule has 0 aliphatic rings. The van der Waals surface area contributed by atoms with E-state index in [9.17, 15) is 9.90 Å². The molecule has 5 nitrogen and oxygen atoms in total. The molecule has 0 amide bonds. The average molecular weight is 421 g/mol. The van der Waals surface area contributed by atoms with Gasteiger partial charge in [0, 0.05) is 12.1 Å². The van der Waals surface area contributed by atoms with Gasteiger partial charge in [0.05, 0.1) is 12.7 Å². The number of ether oxygens (including phenoxy) is 2. The largest absolute Gasteiger partial charge is 0.508 e. The summed E-state index contributed by atoms with van der Waals surface area (Å²) in [5.74, 6) is 0.977. The predicted octanol–water partition coefficient (Wildman–Crippen LogP) is 6.25. The molecule has 1 heterocycles. The Bertz CT molecular complexity index is 1160. The van der Waals surface area contributed by atoms with Gasteiger partial charge >= 0.3 is 0 Å². The summed E-state index contributed by atoms with van der Waals surface area (Å²) in [4.78, 5) is 13.0. The van der Waals surface area contributed by atoms with Crippen LogP contribution in [0.2, 0.25) is 0 Å². The summed E-state index contributed by atoms with van der Waals surface area (Å²) >= 11 is 0. The van der Waals surface area contributed by atoms with Gasteiger partial charge < -0.3 is 19.0 Å². The Labute approximate surface area is 182 Å². The summed E-state index contributed by atoms with van der Waals surface area (Å²) in [6.07, 6.45) is 7.79. The molecule has 31 heavy (non-hydrogen) atoms. The van der Waals surface area contributed by atoms with Crippen molar-refractivity contribution in [3.63, 3.8) is 0 Å². The van der Waals surface area contributed by atoms with E-state index in [4.69, 9.17) is 13.9 Å². The molecule has 0 unspecified atom stereocenters. The number of hydrogen-bond acceptors (Lipinski definition) is 5.